The van der Waals surface area contributed by atoms with Crippen LogP contribution in [0.2, 0.25) is 0 Å². The number of carbonyl (C=O) groups is 1. The smallest absolute Gasteiger partial charge is 0.243 e. The minimum Gasteiger partial charge on any atom is -0.310 e. The second-order valence-electron chi connectivity index (χ2n) is 8.67. The summed E-state index contributed by atoms with van der Waals surface area (Å²) in [6.45, 7) is 4.15. The summed E-state index contributed by atoms with van der Waals surface area (Å²) in [5.74, 6) is -0.815. The molecule has 1 amide bonds. The molecule has 2 aromatic heterocycles. The van der Waals surface area contributed by atoms with Gasteiger partial charge in [-0.2, -0.15) is 14.1 Å². The number of amides is 1. The van der Waals surface area contributed by atoms with Crippen molar-refractivity contribution >= 4 is 43.3 Å². The number of aryl methyl sites for hydroxylation is 2. The molecule has 1 aliphatic heterocycles. The van der Waals surface area contributed by atoms with E-state index in [0.29, 0.717) is 40.7 Å². The Kier molecular flexibility index (Phi) is 6.16. The number of aromatic nitrogens is 3. The fourth-order valence-electron chi connectivity index (χ4n) is 4.19. The quantitative estimate of drug-likeness (QED) is 0.430. The molecule has 0 aliphatic carbocycles. The maximum absolute atomic E-state index is 14.1. The number of fused-ring (bicyclic) bond motifs is 1. The molecule has 0 bridgehead atoms. The number of hydrogen-bond acceptors (Lipinski definition) is 6. The molecule has 1 unspecified atom stereocenters. The highest BCUT2D eigenvalue weighted by Gasteiger charge is 2.33. The van der Waals surface area contributed by atoms with Crippen molar-refractivity contribution in [2.24, 2.45) is 5.92 Å². The molecular formula is C24H24FN5O3S2. The molecule has 4 aromatic rings. The van der Waals surface area contributed by atoms with Gasteiger partial charge in [0.2, 0.25) is 21.1 Å². The van der Waals surface area contributed by atoms with Gasteiger partial charge in [0.1, 0.15) is 17.2 Å². The number of para-hydroxylation sites is 1. The lowest BCUT2D eigenvalue weighted by molar-refractivity contribution is -0.120. The van der Waals surface area contributed by atoms with E-state index in [1.807, 2.05) is 6.92 Å². The molecule has 1 fully saturated rings. The number of halogens is 1. The molecule has 1 aliphatic rings. The SMILES string of the molecule is Cc1ccc(S(=O)(=O)N2CCCC(C(=O)Nc3cc(C)nn3-c3nc4c(F)cccc4s3)C2)cc1. The Morgan fingerprint density at radius 2 is 1.94 bits per heavy atom. The van der Waals surface area contributed by atoms with Gasteiger partial charge in [0.15, 0.2) is 0 Å². The summed E-state index contributed by atoms with van der Waals surface area (Å²) in [5.41, 5.74) is 1.89. The van der Waals surface area contributed by atoms with Crippen LogP contribution in [0.1, 0.15) is 24.1 Å². The van der Waals surface area contributed by atoms with E-state index in [1.54, 1.807) is 49.4 Å². The van der Waals surface area contributed by atoms with Crippen LogP contribution in [-0.2, 0) is 14.8 Å². The zero-order valence-corrected chi connectivity index (χ0v) is 20.9. The molecule has 0 saturated carbocycles. The van der Waals surface area contributed by atoms with Crippen LogP contribution in [0.5, 0.6) is 0 Å². The lowest BCUT2D eigenvalue weighted by Gasteiger charge is -2.31. The van der Waals surface area contributed by atoms with Crippen LogP contribution < -0.4 is 5.32 Å². The van der Waals surface area contributed by atoms with E-state index in [0.717, 1.165) is 5.56 Å². The normalized spacial score (nSPS) is 17.1. The number of nitrogens with zero attached hydrogens (tertiary/aromatic N) is 4. The van der Waals surface area contributed by atoms with Crippen molar-refractivity contribution in [2.45, 2.75) is 31.6 Å². The number of nitrogens with one attached hydrogen (secondary N) is 1. The molecule has 11 heteroatoms. The van der Waals surface area contributed by atoms with E-state index >= 15 is 0 Å². The Morgan fingerprint density at radius 1 is 1.17 bits per heavy atom. The Balaban J connectivity index is 1.36. The third-order valence-corrected chi connectivity index (χ3v) is 8.91. The summed E-state index contributed by atoms with van der Waals surface area (Å²) in [5, 5.41) is 7.75. The van der Waals surface area contributed by atoms with Crippen molar-refractivity contribution in [3.8, 4) is 5.13 Å². The van der Waals surface area contributed by atoms with Crippen LogP contribution in [0, 0.1) is 25.6 Å². The maximum Gasteiger partial charge on any atom is 0.243 e. The van der Waals surface area contributed by atoms with Crippen molar-refractivity contribution in [3.05, 3.63) is 65.6 Å². The van der Waals surface area contributed by atoms with Gasteiger partial charge in [-0.1, -0.05) is 35.1 Å². The van der Waals surface area contributed by atoms with Gasteiger partial charge in [-0.3, -0.25) is 4.79 Å². The summed E-state index contributed by atoms with van der Waals surface area (Å²) in [4.78, 5) is 17.8. The highest BCUT2D eigenvalue weighted by molar-refractivity contribution is 7.89. The Labute approximate surface area is 206 Å². The van der Waals surface area contributed by atoms with Gasteiger partial charge in [0, 0.05) is 19.2 Å². The molecule has 5 rings (SSSR count). The third-order valence-electron chi connectivity index (χ3n) is 6.04. The number of sulfonamides is 1. The first kappa shape index (κ1) is 23.6. The summed E-state index contributed by atoms with van der Waals surface area (Å²) in [6, 6.07) is 13.2. The van der Waals surface area contributed by atoms with Crippen molar-refractivity contribution in [2.75, 3.05) is 18.4 Å². The van der Waals surface area contributed by atoms with E-state index in [1.165, 1.54) is 26.4 Å². The van der Waals surface area contributed by atoms with E-state index in [4.69, 9.17) is 0 Å². The highest BCUT2D eigenvalue weighted by Crippen LogP contribution is 2.30. The van der Waals surface area contributed by atoms with Crippen molar-refractivity contribution in [1.82, 2.24) is 19.1 Å². The maximum atomic E-state index is 14.1. The first-order valence-electron chi connectivity index (χ1n) is 11.2. The average Bonchev–Trinajstić information content (AvgIpc) is 3.43. The zero-order valence-electron chi connectivity index (χ0n) is 19.2. The Hall–Kier alpha value is -3.15. The lowest BCUT2D eigenvalue weighted by atomic mass is 9.99. The van der Waals surface area contributed by atoms with Gasteiger partial charge >= 0.3 is 0 Å². The summed E-state index contributed by atoms with van der Waals surface area (Å²) >= 11 is 1.27. The Morgan fingerprint density at radius 3 is 2.69 bits per heavy atom. The van der Waals surface area contributed by atoms with Crippen LogP contribution in [0.4, 0.5) is 10.2 Å². The predicted octanol–water partition coefficient (Wildman–Crippen LogP) is 4.28. The molecule has 1 N–H and O–H groups in total. The number of carbonyl (C=O) groups excluding carboxylic acids is 1. The predicted molar refractivity (Wildman–Crippen MR) is 133 cm³/mol. The topological polar surface area (TPSA) is 97.2 Å². The monoisotopic (exact) mass is 513 g/mol. The van der Waals surface area contributed by atoms with Crippen molar-refractivity contribution in [3.63, 3.8) is 0 Å². The molecule has 1 saturated heterocycles. The fraction of sp³-hybridized carbons (Fsp3) is 0.292. The van der Waals surface area contributed by atoms with Crippen LogP contribution in [0.15, 0.2) is 53.4 Å². The zero-order chi connectivity index (χ0) is 24.7. The van der Waals surface area contributed by atoms with Crippen molar-refractivity contribution < 1.29 is 17.6 Å². The van der Waals surface area contributed by atoms with Gasteiger partial charge in [-0.15, -0.1) is 0 Å². The van der Waals surface area contributed by atoms with Gasteiger partial charge in [-0.25, -0.2) is 17.8 Å². The lowest BCUT2D eigenvalue weighted by Crippen LogP contribution is -2.43. The molecule has 0 spiro atoms. The van der Waals surface area contributed by atoms with E-state index in [2.05, 4.69) is 15.4 Å². The number of benzene rings is 2. The Bertz CT molecular complexity index is 1510. The molecule has 182 valence electrons. The number of hydrogen-bond donors (Lipinski definition) is 1. The standard InChI is InChI=1S/C24H24FN5O3S2/c1-15-8-10-18(11-9-15)35(32,33)29-12-4-5-17(14-29)23(31)26-21-13-16(2)28-30(21)24-27-22-19(25)6-3-7-20(22)34-24/h3,6-11,13,17H,4-5,12,14H2,1-2H3,(H,26,31). The van der Waals surface area contributed by atoms with E-state index in [-0.39, 0.29) is 22.9 Å². The first-order chi connectivity index (χ1) is 16.7. The van der Waals surface area contributed by atoms with E-state index < -0.39 is 21.8 Å². The van der Waals surface area contributed by atoms with Gasteiger partial charge in [0.25, 0.3) is 0 Å². The molecular weight excluding hydrogens is 489 g/mol. The molecule has 2 aromatic carbocycles. The second kappa shape index (κ2) is 9.14. The van der Waals surface area contributed by atoms with Crippen molar-refractivity contribution in [1.29, 1.82) is 0 Å². The molecule has 35 heavy (non-hydrogen) atoms. The minimum absolute atomic E-state index is 0.0987. The molecule has 3 heterocycles. The highest BCUT2D eigenvalue weighted by atomic mass is 32.2. The number of rotatable bonds is 5. The first-order valence-corrected chi connectivity index (χ1v) is 13.5. The average molecular weight is 514 g/mol. The van der Waals surface area contributed by atoms with Crippen LogP contribution in [0.3, 0.4) is 0 Å². The number of piperidine rings is 1. The van der Waals surface area contributed by atoms with E-state index in [9.17, 15) is 17.6 Å². The molecule has 1 atom stereocenters. The van der Waals surface area contributed by atoms with Crippen LogP contribution >= 0.6 is 11.3 Å². The minimum atomic E-state index is -3.69. The third kappa shape index (κ3) is 4.58. The second-order valence-corrected chi connectivity index (χ2v) is 11.6. The van der Waals surface area contributed by atoms with Gasteiger partial charge < -0.3 is 5.32 Å². The number of anilines is 1. The molecule has 0 radical (unpaired) electrons. The summed E-state index contributed by atoms with van der Waals surface area (Å²) in [7, 11) is -3.69. The number of thiazole rings is 1. The van der Waals surface area contributed by atoms with Gasteiger partial charge in [0.05, 0.1) is 21.2 Å². The molecule has 8 nitrogen and oxygen atoms in total. The fourth-order valence-corrected chi connectivity index (χ4v) is 6.66. The van der Waals surface area contributed by atoms with Gasteiger partial charge in [-0.05, 0) is 51.0 Å². The van der Waals surface area contributed by atoms with Crippen LogP contribution in [-0.4, -0.2) is 46.5 Å². The largest absolute Gasteiger partial charge is 0.310 e. The van der Waals surface area contributed by atoms with Crippen LogP contribution in [0.25, 0.3) is 15.3 Å². The summed E-state index contributed by atoms with van der Waals surface area (Å²) in [6.07, 6.45) is 1.16. The summed E-state index contributed by atoms with van der Waals surface area (Å²) < 4.78 is 43.9.